The van der Waals surface area contributed by atoms with Gasteiger partial charge in [-0.05, 0) is 29.7 Å². The molecule has 0 bridgehead atoms. The SMILES string of the molecule is CC(C)C(c1cccnc1)N(C)C(=O)c1csc(-c2ccccc2F)n1. The molecule has 1 unspecified atom stereocenters. The molecular formula is C20H20FN3OS. The number of amides is 1. The molecule has 1 amide bonds. The van der Waals surface area contributed by atoms with Gasteiger partial charge in [0, 0.05) is 30.4 Å². The van der Waals surface area contributed by atoms with E-state index in [2.05, 4.69) is 23.8 Å². The predicted molar refractivity (Wildman–Crippen MR) is 101 cm³/mol. The van der Waals surface area contributed by atoms with Crippen LogP contribution >= 0.6 is 11.3 Å². The zero-order valence-corrected chi connectivity index (χ0v) is 15.7. The number of hydrogen-bond acceptors (Lipinski definition) is 4. The van der Waals surface area contributed by atoms with E-state index in [4.69, 9.17) is 0 Å². The standard InChI is InChI=1S/C20H20FN3OS/c1-13(2)18(14-7-6-10-22-11-14)24(3)20(25)17-12-26-19(23-17)15-8-4-5-9-16(15)21/h4-13,18H,1-3H3. The summed E-state index contributed by atoms with van der Waals surface area (Å²) in [6, 6.07) is 10.2. The van der Waals surface area contributed by atoms with Crippen LogP contribution < -0.4 is 0 Å². The third-order valence-corrected chi connectivity index (χ3v) is 5.10. The van der Waals surface area contributed by atoms with Crippen molar-refractivity contribution < 1.29 is 9.18 Å². The maximum absolute atomic E-state index is 14.0. The maximum Gasteiger partial charge on any atom is 0.273 e. The Morgan fingerprint density at radius 2 is 1.96 bits per heavy atom. The van der Waals surface area contributed by atoms with Gasteiger partial charge < -0.3 is 4.90 Å². The lowest BCUT2D eigenvalue weighted by Gasteiger charge is -2.31. The van der Waals surface area contributed by atoms with E-state index < -0.39 is 0 Å². The highest BCUT2D eigenvalue weighted by Gasteiger charge is 2.27. The second-order valence-corrected chi connectivity index (χ2v) is 7.27. The fourth-order valence-electron chi connectivity index (χ4n) is 3.04. The van der Waals surface area contributed by atoms with Crippen LogP contribution in [0, 0.1) is 11.7 Å². The Hall–Kier alpha value is -2.60. The van der Waals surface area contributed by atoms with Crippen LogP contribution in [0.5, 0.6) is 0 Å². The fourth-order valence-corrected chi connectivity index (χ4v) is 3.86. The first-order valence-corrected chi connectivity index (χ1v) is 9.24. The molecule has 6 heteroatoms. The van der Waals surface area contributed by atoms with E-state index in [1.807, 2.05) is 12.1 Å². The number of carbonyl (C=O) groups is 1. The summed E-state index contributed by atoms with van der Waals surface area (Å²) in [4.78, 5) is 23.2. The van der Waals surface area contributed by atoms with E-state index in [-0.39, 0.29) is 23.7 Å². The van der Waals surface area contributed by atoms with E-state index in [1.165, 1.54) is 17.4 Å². The van der Waals surface area contributed by atoms with Crippen LogP contribution in [0.15, 0.2) is 54.2 Å². The topological polar surface area (TPSA) is 46.1 Å². The minimum atomic E-state index is -0.343. The largest absolute Gasteiger partial charge is 0.333 e. The summed E-state index contributed by atoms with van der Waals surface area (Å²) in [5, 5.41) is 2.18. The molecule has 3 rings (SSSR count). The van der Waals surface area contributed by atoms with Crippen molar-refractivity contribution in [1.82, 2.24) is 14.9 Å². The van der Waals surface area contributed by atoms with Gasteiger partial charge in [-0.2, -0.15) is 0 Å². The van der Waals surface area contributed by atoms with E-state index in [0.717, 1.165) is 5.56 Å². The molecule has 0 aliphatic heterocycles. The van der Waals surface area contributed by atoms with Crippen molar-refractivity contribution in [3.05, 3.63) is 71.2 Å². The molecule has 0 spiro atoms. The summed E-state index contributed by atoms with van der Waals surface area (Å²) in [7, 11) is 1.77. The van der Waals surface area contributed by atoms with Crippen LogP contribution in [0.25, 0.3) is 10.6 Å². The van der Waals surface area contributed by atoms with Gasteiger partial charge in [-0.1, -0.05) is 32.0 Å². The number of thiazole rings is 1. The molecular weight excluding hydrogens is 349 g/mol. The van der Waals surface area contributed by atoms with Gasteiger partial charge in [0.25, 0.3) is 5.91 Å². The molecule has 2 aromatic heterocycles. The highest BCUT2D eigenvalue weighted by molar-refractivity contribution is 7.13. The third kappa shape index (κ3) is 3.65. The number of halogens is 1. The van der Waals surface area contributed by atoms with Crippen LogP contribution in [-0.4, -0.2) is 27.8 Å². The molecule has 0 radical (unpaired) electrons. The molecule has 0 aliphatic carbocycles. The lowest BCUT2D eigenvalue weighted by molar-refractivity contribution is 0.0682. The first-order valence-electron chi connectivity index (χ1n) is 8.36. The van der Waals surface area contributed by atoms with E-state index in [0.29, 0.717) is 16.3 Å². The van der Waals surface area contributed by atoms with E-state index >= 15 is 0 Å². The lowest BCUT2D eigenvalue weighted by atomic mass is 9.96. The van der Waals surface area contributed by atoms with Gasteiger partial charge in [0.05, 0.1) is 6.04 Å². The van der Waals surface area contributed by atoms with Crippen molar-refractivity contribution in [2.75, 3.05) is 7.05 Å². The quantitative estimate of drug-likeness (QED) is 0.648. The van der Waals surface area contributed by atoms with Crippen molar-refractivity contribution in [3.63, 3.8) is 0 Å². The molecule has 0 saturated heterocycles. The first-order chi connectivity index (χ1) is 12.5. The minimum Gasteiger partial charge on any atom is -0.333 e. The number of benzene rings is 1. The van der Waals surface area contributed by atoms with Gasteiger partial charge in [-0.25, -0.2) is 9.37 Å². The number of rotatable bonds is 5. The van der Waals surface area contributed by atoms with Gasteiger partial charge >= 0.3 is 0 Å². The monoisotopic (exact) mass is 369 g/mol. The summed E-state index contributed by atoms with van der Waals surface area (Å²) in [6.45, 7) is 4.13. The van der Waals surface area contributed by atoms with Gasteiger partial charge in [0.15, 0.2) is 0 Å². The Kier molecular flexibility index (Phi) is 5.42. The predicted octanol–water partition coefficient (Wildman–Crippen LogP) is 4.81. The molecule has 1 atom stereocenters. The highest BCUT2D eigenvalue weighted by atomic mass is 32.1. The zero-order valence-electron chi connectivity index (χ0n) is 14.9. The fraction of sp³-hybridized carbons (Fsp3) is 0.250. The van der Waals surface area contributed by atoms with Crippen molar-refractivity contribution in [1.29, 1.82) is 0 Å². The van der Waals surface area contributed by atoms with Crippen molar-refractivity contribution in [2.24, 2.45) is 5.92 Å². The van der Waals surface area contributed by atoms with Gasteiger partial charge in [0.1, 0.15) is 16.5 Å². The number of hydrogen-bond donors (Lipinski definition) is 0. The zero-order chi connectivity index (χ0) is 18.7. The Morgan fingerprint density at radius 1 is 1.19 bits per heavy atom. The van der Waals surface area contributed by atoms with Crippen LogP contribution in [0.3, 0.4) is 0 Å². The number of nitrogens with zero attached hydrogens (tertiary/aromatic N) is 3. The summed E-state index contributed by atoms with van der Waals surface area (Å²) in [5.74, 6) is -0.325. The summed E-state index contributed by atoms with van der Waals surface area (Å²) < 4.78 is 14.0. The molecule has 2 heterocycles. The Balaban J connectivity index is 1.88. The number of carbonyl (C=O) groups excluding carboxylic acids is 1. The third-order valence-electron chi connectivity index (χ3n) is 4.22. The van der Waals surface area contributed by atoms with E-state index in [1.54, 1.807) is 47.9 Å². The average molecular weight is 369 g/mol. The molecule has 0 N–H and O–H groups in total. The van der Waals surface area contributed by atoms with Crippen molar-refractivity contribution in [3.8, 4) is 10.6 Å². The second-order valence-electron chi connectivity index (χ2n) is 6.41. The molecule has 4 nitrogen and oxygen atoms in total. The Bertz CT molecular complexity index is 895. The molecule has 134 valence electrons. The second kappa shape index (κ2) is 7.74. The van der Waals surface area contributed by atoms with Crippen molar-refractivity contribution in [2.45, 2.75) is 19.9 Å². The minimum absolute atomic E-state index is 0.116. The van der Waals surface area contributed by atoms with Crippen LogP contribution in [-0.2, 0) is 0 Å². The first kappa shape index (κ1) is 18.2. The molecule has 26 heavy (non-hydrogen) atoms. The molecule has 0 saturated carbocycles. The summed E-state index contributed by atoms with van der Waals surface area (Å²) in [5.41, 5.74) is 1.71. The van der Waals surface area contributed by atoms with Crippen LogP contribution in [0.1, 0.15) is 35.9 Å². The summed E-state index contributed by atoms with van der Waals surface area (Å²) >= 11 is 1.27. The average Bonchev–Trinajstić information content (AvgIpc) is 3.12. The van der Waals surface area contributed by atoms with Gasteiger partial charge in [0.2, 0.25) is 0 Å². The Labute approximate surface area is 156 Å². The van der Waals surface area contributed by atoms with Crippen molar-refractivity contribution >= 4 is 17.2 Å². The van der Waals surface area contributed by atoms with Gasteiger partial charge in [-0.15, -0.1) is 11.3 Å². The molecule has 0 aliphatic rings. The molecule has 3 aromatic rings. The number of aromatic nitrogens is 2. The lowest BCUT2D eigenvalue weighted by Crippen LogP contribution is -2.34. The molecule has 1 aromatic carbocycles. The van der Waals surface area contributed by atoms with E-state index in [9.17, 15) is 9.18 Å². The Morgan fingerprint density at radius 3 is 2.62 bits per heavy atom. The number of pyridine rings is 1. The normalized spacial score (nSPS) is 12.2. The summed E-state index contributed by atoms with van der Waals surface area (Å²) in [6.07, 6.45) is 3.49. The maximum atomic E-state index is 14.0. The highest BCUT2D eigenvalue weighted by Crippen LogP contribution is 2.30. The smallest absolute Gasteiger partial charge is 0.273 e. The van der Waals surface area contributed by atoms with Crippen LogP contribution in [0.4, 0.5) is 4.39 Å². The van der Waals surface area contributed by atoms with Gasteiger partial charge in [-0.3, -0.25) is 9.78 Å². The van der Waals surface area contributed by atoms with Crippen LogP contribution in [0.2, 0.25) is 0 Å². The molecule has 0 fully saturated rings.